The first-order valence-corrected chi connectivity index (χ1v) is 8.50. The van der Waals surface area contributed by atoms with Gasteiger partial charge in [0.2, 0.25) is 0 Å². The first-order chi connectivity index (χ1) is 10.3. The molecule has 2 N–H and O–H groups in total. The molecular weight excluding hydrogens is 262 g/mol. The highest BCUT2D eigenvalue weighted by Crippen LogP contribution is 2.27. The summed E-state index contributed by atoms with van der Waals surface area (Å²) in [6, 6.07) is 4.41. The average Bonchev–Trinajstić information content (AvgIpc) is 3.19. The third-order valence-electron chi connectivity index (χ3n) is 5.03. The summed E-state index contributed by atoms with van der Waals surface area (Å²) in [6.07, 6.45) is 10.9. The fourth-order valence-electron chi connectivity index (χ4n) is 3.77. The number of nitrogens with zero attached hydrogens (tertiary/aromatic N) is 1. The van der Waals surface area contributed by atoms with Crippen LogP contribution in [0.1, 0.15) is 61.5 Å². The number of rotatable bonds is 5. The van der Waals surface area contributed by atoms with Crippen molar-refractivity contribution in [2.75, 3.05) is 19.6 Å². The van der Waals surface area contributed by atoms with Gasteiger partial charge in [-0.2, -0.15) is 0 Å². The van der Waals surface area contributed by atoms with Gasteiger partial charge in [-0.05, 0) is 50.4 Å². The van der Waals surface area contributed by atoms with Crippen molar-refractivity contribution in [1.82, 2.24) is 15.2 Å². The topological polar surface area (TPSA) is 46.1 Å². The normalized spacial score (nSPS) is 20.8. The zero-order chi connectivity index (χ0) is 14.5. The first kappa shape index (κ1) is 14.6. The van der Waals surface area contributed by atoms with Gasteiger partial charge in [0.15, 0.2) is 0 Å². The van der Waals surface area contributed by atoms with Gasteiger partial charge in [0.05, 0.1) is 0 Å². The maximum Gasteiger partial charge on any atom is 0.267 e. The molecule has 1 amide bonds. The third kappa shape index (κ3) is 3.67. The van der Waals surface area contributed by atoms with Crippen LogP contribution < -0.4 is 10.6 Å². The third-order valence-corrected chi connectivity index (χ3v) is 5.03. The number of hydrogen-bond acceptors (Lipinski definition) is 2. The van der Waals surface area contributed by atoms with Gasteiger partial charge >= 0.3 is 0 Å². The molecule has 1 saturated heterocycles. The van der Waals surface area contributed by atoms with Gasteiger partial charge < -0.3 is 15.2 Å². The lowest BCUT2D eigenvalue weighted by Crippen LogP contribution is -2.33. The quantitative estimate of drug-likeness (QED) is 0.875. The predicted molar refractivity (Wildman–Crippen MR) is 84.5 cm³/mol. The largest absolute Gasteiger partial charge is 0.351 e. The second-order valence-corrected chi connectivity index (χ2v) is 6.48. The summed E-state index contributed by atoms with van der Waals surface area (Å²) in [5, 5.41) is 6.49. The molecule has 21 heavy (non-hydrogen) atoms. The van der Waals surface area contributed by atoms with Crippen LogP contribution >= 0.6 is 0 Å². The predicted octanol–water partition coefficient (Wildman–Crippen LogP) is 2.72. The van der Waals surface area contributed by atoms with E-state index in [0.717, 1.165) is 50.5 Å². The van der Waals surface area contributed by atoms with E-state index in [1.165, 1.54) is 25.7 Å². The van der Waals surface area contributed by atoms with E-state index < -0.39 is 0 Å². The molecule has 0 atom stereocenters. The number of amides is 1. The summed E-state index contributed by atoms with van der Waals surface area (Å²) in [4.78, 5) is 12.4. The van der Waals surface area contributed by atoms with E-state index in [-0.39, 0.29) is 5.91 Å². The van der Waals surface area contributed by atoms with Crippen molar-refractivity contribution >= 4 is 5.91 Å². The summed E-state index contributed by atoms with van der Waals surface area (Å²) in [5.74, 6) is 0.929. The van der Waals surface area contributed by atoms with Crippen LogP contribution in [0, 0.1) is 5.92 Å². The van der Waals surface area contributed by atoms with Crippen molar-refractivity contribution in [2.24, 2.45) is 5.92 Å². The number of nitrogens with one attached hydrogen (secondary N) is 2. The Morgan fingerprint density at radius 3 is 2.76 bits per heavy atom. The Bertz CT molecular complexity index is 456. The monoisotopic (exact) mass is 289 g/mol. The molecule has 2 aliphatic rings. The molecule has 1 saturated carbocycles. The van der Waals surface area contributed by atoms with Crippen molar-refractivity contribution in [3.05, 3.63) is 24.0 Å². The zero-order valence-corrected chi connectivity index (χ0v) is 12.8. The number of piperidine rings is 1. The second-order valence-electron chi connectivity index (χ2n) is 6.48. The molecule has 0 bridgehead atoms. The van der Waals surface area contributed by atoms with Crippen LogP contribution in [0.3, 0.4) is 0 Å². The summed E-state index contributed by atoms with van der Waals surface area (Å²) < 4.78 is 2.17. The lowest BCUT2D eigenvalue weighted by molar-refractivity contribution is 0.0938. The molecule has 1 aromatic heterocycles. The Morgan fingerprint density at radius 1 is 1.24 bits per heavy atom. The number of carbonyl (C=O) groups is 1. The molecule has 2 fully saturated rings. The van der Waals surface area contributed by atoms with Crippen LogP contribution in [0.25, 0.3) is 0 Å². The van der Waals surface area contributed by atoms with Crippen LogP contribution in [0.15, 0.2) is 18.3 Å². The molecule has 0 aromatic carbocycles. The maximum atomic E-state index is 12.4. The Labute approximate surface area is 127 Å². The van der Waals surface area contributed by atoms with Crippen molar-refractivity contribution in [3.8, 4) is 0 Å². The Morgan fingerprint density at radius 2 is 2.00 bits per heavy atom. The molecule has 4 nitrogen and oxygen atoms in total. The molecule has 1 aliphatic carbocycles. The summed E-state index contributed by atoms with van der Waals surface area (Å²) in [6.45, 7) is 2.91. The van der Waals surface area contributed by atoms with E-state index >= 15 is 0 Å². The SMILES string of the molecule is O=C(NCCC1CCCC1)c1cccn1C1CCNCC1. The summed E-state index contributed by atoms with van der Waals surface area (Å²) >= 11 is 0. The molecule has 2 heterocycles. The van der Waals surface area contributed by atoms with Crippen molar-refractivity contribution in [1.29, 1.82) is 0 Å². The van der Waals surface area contributed by atoms with Gasteiger partial charge in [0.25, 0.3) is 5.91 Å². The van der Waals surface area contributed by atoms with Gasteiger partial charge in [-0.3, -0.25) is 4.79 Å². The Kier molecular flexibility index (Phi) is 4.96. The minimum Gasteiger partial charge on any atom is -0.351 e. The highest BCUT2D eigenvalue weighted by Gasteiger charge is 2.20. The van der Waals surface area contributed by atoms with E-state index in [2.05, 4.69) is 21.4 Å². The minimum absolute atomic E-state index is 0.0940. The van der Waals surface area contributed by atoms with Crippen molar-refractivity contribution < 1.29 is 4.79 Å². The van der Waals surface area contributed by atoms with Gasteiger partial charge in [0.1, 0.15) is 5.69 Å². The number of carbonyl (C=O) groups excluding carboxylic acids is 1. The molecular formula is C17H27N3O. The van der Waals surface area contributed by atoms with Gasteiger partial charge in [-0.1, -0.05) is 25.7 Å². The van der Waals surface area contributed by atoms with Crippen molar-refractivity contribution in [2.45, 2.75) is 51.0 Å². The Balaban J connectivity index is 1.53. The summed E-state index contributed by atoms with van der Waals surface area (Å²) in [5.41, 5.74) is 0.827. The van der Waals surface area contributed by atoms with Crippen LogP contribution in [-0.4, -0.2) is 30.1 Å². The van der Waals surface area contributed by atoms with E-state index in [0.29, 0.717) is 6.04 Å². The van der Waals surface area contributed by atoms with E-state index in [1.54, 1.807) is 0 Å². The molecule has 116 valence electrons. The molecule has 0 radical (unpaired) electrons. The maximum absolute atomic E-state index is 12.4. The molecule has 1 aromatic rings. The molecule has 0 unspecified atom stereocenters. The first-order valence-electron chi connectivity index (χ1n) is 8.50. The fraction of sp³-hybridized carbons (Fsp3) is 0.706. The van der Waals surface area contributed by atoms with Gasteiger partial charge in [-0.15, -0.1) is 0 Å². The zero-order valence-electron chi connectivity index (χ0n) is 12.8. The minimum atomic E-state index is 0.0940. The van der Waals surface area contributed by atoms with Crippen LogP contribution in [-0.2, 0) is 0 Å². The lowest BCUT2D eigenvalue weighted by atomic mass is 10.0. The van der Waals surface area contributed by atoms with Gasteiger partial charge in [-0.25, -0.2) is 0 Å². The lowest BCUT2D eigenvalue weighted by Gasteiger charge is -2.26. The molecule has 3 rings (SSSR count). The van der Waals surface area contributed by atoms with E-state index in [9.17, 15) is 4.79 Å². The van der Waals surface area contributed by atoms with E-state index in [1.807, 2.05) is 12.1 Å². The highest BCUT2D eigenvalue weighted by molar-refractivity contribution is 5.92. The summed E-state index contributed by atoms with van der Waals surface area (Å²) in [7, 11) is 0. The fourth-order valence-corrected chi connectivity index (χ4v) is 3.77. The molecule has 0 spiro atoms. The highest BCUT2D eigenvalue weighted by atomic mass is 16.1. The molecule has 4 heteroatoms. The van der Waals surface area contributed by atoms with Crippen molar-refractivity contribution in [3.63, 3.8) is 0 Å². The second kappa shape index (κ2) is 7.12. The Hall–Kier alpha value is -1.29. The number of aromatic nitrogens is 1. The number of hydrogen-bond donors (Lipinski definition) is 2. The molecule has 1 aliphatic heterocycles. The smallest absolute Gasteiger partial charge is 0.267 e. The standard InChI is InChI=1S/C17H27N3O/c21-17(19-12-7-14-4-1-2-5-14)16-6-3-13-20(16)15-8-10-18-11-9-15/h3,6,13-15,18H,1-2,4-5,7-12H2,(H,19,21). The van der Waals surface area contributed by atoms with E-state index in [4.69, 9.17) is 0 Å². The van der Waals surface area contributed by atoms with Crippen LogP contribution in [0.5, 0.6) is 0 Å². The average molecular weight is 289 g/mol. The van der Waals surface area contributed by atoms with Crippen LogP contribution in [0.4, 0.5) is 0 Å². The van der Waals surface area contributed by atoms with Crippen LogP contribution in [0.2, 0.25) is 0 Å². The van der Waals surface area contributed by atoms with Gasteiger partial charge in [0, 0.05) is 18.8 Å².